The minimum absolute atomic E-state index is 0.702. The Morgan fingerprint density at radius 2 is 2.36 bits per heavy atom. The lowest BCUT2D eigenvalue weighted by Gasteiger charge is -2.07. The molecule has 0 aromatic carbocycles. The van der Waals surface area contributed by atoms with Crippen molar-refractivity contribution in [1.82, 2.24) is 9.97 Å². The summed E-state index contributed by atoms with van der Waals surface area (Å²) in [5.74, 6) is 0.915. The molecule has 1 heterocycles. The van der Waals surface area contributed by atoms with Gasteiger partial charge < -0.3 is 11.1 Å². The molecule has 0 unspecified atom stereocenters. The van der Waals surface area contributed by atoms with Crippen molar-refractivity contribution < 1.29 is 0 Å². The minimum atomic E-state index is 0.702. The van der Waals surface area contributed by atoms with Gasteiger partial charge in [0.15, 0.2) is 5.16 Å². The van der Waals surface area contributed by atoms with E-state index in [0.717, 1.165) is 29.4 Å². The second-order valence-electron chi connectivity index (χ2n) is 2.87. The summed E-state index contributed by atoms with van der Waals surface area (Å²) in [4.78, 5) is 8.59. The van der Waals surface area contributed by atoms with E-state index in [0.29, 0.717) is 6.54 Å². The number of nitrogens with zero attached hydrogens (tertiary/aromatic N) is 2. The minimum Gasteiger partial charge on any atom is -0.373 e. The molecule has 0 amide bonds. The lowest BCUT2D eigenvalue weighted by molar-refractivity contribution is 0.813. The van der Waals surface area contributed by atoms with Gasteiger partial charge in [0.05, 0.1) is 0 Å². The molecule has 0 spiro atoms. The van der Waals surface area contributed by atoms with E-state index in [1.807, 2.05) is 19.5 Å². The molecule has 0 aliphatic heterocycles. The van der Waals surface area contributed by atoms with Crippen LogP contribution in [0, 0.1) is 0 Å². The van der Waals surface area contributed by atoms with Crippen LogP contribution in [0.15, 0.2) is 11.4 Å². The van der Waals surface area contributed by atoms with Crippen LogP contribution in [0.1, 0.15) is 12.0 Å². The van der Waals surface area contributed by atoms with Gasteiger partial charge in [0.2, 0.25) is 0 Å². The predicted octanol–water partition coefficient (Wildman–Crippen LogP) is 1.13. The third kappa shape index (κ3) is 2.85. The average molecular weight is 212 g/mol. The SMILES string of the molecule is CNc1nc(SC)ncc1CCCN. The lowest BCUT2D eigenvalue weighted by atomic mass is 10.2. The number of anilines is 1. The number of aromatic nitrogens is 2. The summed E-state index contributed by atoms with van der Waals surface area (Å²) in [6, 6.07) is 0. The number of thioether (sulfide) groups is 1. The molecule has 0 aliphatic carbocycles. The summed E-state index contributed by atoms with van der Waals surface area (Å²) in [6.45, 7) is 0.702. The van der Waals surface area contributed by atoms with E-state index in [-0.39, 0.29) is 0 Å². The van der Waals surface area contributed by atoms with Gasteiger partial charge in [-0.3, -0.25) is 0 Å². The maximum atomic E-state index is 5.46. The number of hydrogen-bond acceptors (Lipinski definition) is 5. The van der Waals surface area contributed by atoms with Crippen LogP contribution < -0.4 is 11.1 Å². The zero-order chi connectivity index (χ0) is 10.4. The van der Waals surface area contributed by atoms with Gasteiger partial charge in [-0.1, -0.05) is 11.8 Å². The highest BCUT2D eigenvalue weighted by molar-refractivity contribution is 7.98. The van der Waals surface area contributed by atoms with Crippen molar-refractivity contribution in [2.45, 2.75) is 18.0 Å². The van der Waals surface area contributed by atoms with Crippen molar-refractivity contribution in [2.24, 2.45) is 5.73 Å². The molecule has 14 heavy (non-hydrogen) atoms. The summed E-state index contributed by atoms with van der Waals surface area (Å²) in [5, 5.41) is 3.87. The Labute approximate surface area is 88.7 Å². The molecule has 3 N–H and O–H groups in total. The number of rotatable bonds is 5. The first-order valence-corrected chi connectivity index (χ1v) is 5.82. The highest BCUT2D eigenvalue weighted by atomic mass is 32.2. The summed E-state index contributed by atoms with van der Waals surface area (Å²) in [6.07, 6.45) is 5.74. The maximum absolute atomic E-state index is 5.46. The fraction of sp³-hybridized carbons (Fsp3) is 0.556. The van der Waals surface area contributed by atoms with Crippen molar-refractivity contribution >= 4 is 17.6 Å². The standard InChI is InChI=1S/C9H16N4S/c1-11-8-7(4-3-5-10)6-12-9(13-8)14-2/h6H,3-5,10H2,1-2H3,(H,11,12,13). The Kier molecular flexibility index (Phi) is 4.69. The summed E-state index contributed by atoms with van der Waals surface area (Å²) in [7, 11) is 1.87. The number of aryl methyl sites for hydroxylation is 1. The van der Waals surface area contributed by atoms with Crippen LogP contribution >= 0.6 is 11.8 Å². The summed E-state index contributed by atoms with van der Waals surface area (Å²) >= 11 is 1.54. The van der Waals surface area contributed by atoms with Crippen LogP contribution in [0.25, 0.3) is 0 Å². The van der Waals surface area contributed by atoms with Crippen LogP contribution in [0.4, 0.5) is 5.82 Å². The molecule has 5 heteroatoms. The van der Waals surface area contributed by atoms with Crippen molar-refractivity contribution in [1.29, 1.82) is 0 Å². The van der Waals surface area contributed by atoms with Crippen LogP contribution in [0.5, 0.6) is 0 Å². The highest BCUT2D eigenvalue weighted by Gasteiger charge is 2.04. The molecule has 4 nitrogen and oxygen atoms in total. The third-order valence-corrected chi connectivity index (χ3v) is 2.47. The molecule has 0 atom stereocenters. The van der Waals surface area contributed by atoms with E-state index in [9.17, 15) is 0 Å². The van der Waals surface area contributed by atoms with Gasteiger partial charge in [-0.2, -0.15) is 0 Å². The molecule has 0 radical (unpaired) electrons. The van der Waals surface area contributed by atoms with Crippen LogP contribution in [-0.2, 0) is 6.42 Å². The van der Waals surface area contributed by atoms with Crippen molar-refractivity contribution in [3.63, 3.8) is 0 Å². The summed E-state index contributed by atoms with van der Waals surface area (Å²) in [5.41, 5.74) is 6.59. The molecular weight excluding hydrogens is 196 g/mol. The van der Waals surface area contributed by atoms with Gasteiger partial charge in [-0.25, -0.2) is 9.97 Å². The van der Waals surface area contributed by atoms with Crippen molar-refractivity contribution in [3.8, 4) is 0 Å². The van der Waals surface area contributed by atoms with Gasteiger partial charge >= 0.3 is 0 Å². The third-order valence-electron chi connectivity index (χ3n) is 1.91. The second-order valence-corrected chi connectivity index (χ2v) is 3.65. The number of nitrogens with one attached hydrogen (secondary N) is 1. The molecule has 1 rings (SSSR count). The van der Waals surface area contributed by atoms with E-state index in [1.54, 1.807) is 11.8 Å². The maximum Gasteiger partial charge on any atom is 0.189 e. The Morgan fingerprint density at radius 1 is 1.57 bits per heavy atom. The summed E-state index contributed by atoms with van der Waals surface area (Å²) < 4.78 is 0. The Bertz CT molecular complexity index is 290. The normalized spacial score (nSPS) is 10.2. The zero-order valence-corrected chi connectivity index (χ0v) is 9.40. The molecule has 0 fully saturated rings. The highest BCUT2D eigenvalue weighted by Crippen LogP contribution is 2.16. The predicted molar refractivity (Wildman–Crippen MR) is 60.7 cm³/mol. The van der Waals surface area contributed by atoms with Gasteiger partial charge in [0.1, 0.15) is 5.82 Å². The van der Waals surface area contributed by atoms with E-state index >= 15 is 0 Å². The molecule has 0 saturated heterocycles. The monoisotopic (exact) mass is 212 g/mol. The van der Waals surface area contributed by atoms with Gasteiger partial charge in [0, 0.05) is 18.8 Å². The van der Waals surface area contributed by atoms with E-state index < -0.39 is 0 Å². The fourth-order valence-corrected chi connectivity index (χ4v) is 1.52. The molecule has 0 bridgehead atoms. The molecule has 1 aromatic heterocycles. The van der Waals surface area contributed by atoms with Gasteiger partial charge in [0.25, 0.3) is 0 Å². The van der Waals surface area contributed by atoms with E-state index in [1.165, 1.54) is 0 Å². The first kappa shape index (κ1) is 11.3. The fourth-order valence-electron chi connectivity index (χ4n) is 1.18. The zero-order valence-electron chi connectivity index (χ0n) is 8.58. The van der Waals surface area contributed by atoms with Crippen molar-refractivity contribution in [2.75, 3.05) is 25.2 Å². The smallest absolute Gasteiger partial charge is 0.189 e. The quantitative estimate of drug-likeness (QED) is 0.566. The molecule has 0 aliphatic rings. The largest absolute Gasteiger partial charge is 0.373 e. The van der Waals surface area contributed by atoms with Crippen molar-refractivity contribution in [3.05, 3.63) is 11.8 Å². The number of nitrogens with two attached hydrogens (primary N) is 1. The molecule has 1 aromatic rings. The Morgan fingerprint density at radius 3 is 2.93 bits per heavy atom. The molecule has 78 valence electrons. The Hall–Kier alpha value is -0.810. The molecule has 0 saturated carbocycles. The van der Waals surface area contributed by atoms with Crippen LogP contribution in [0.3, 0.4) is 0 Å². The van der Waals surface area contributed by atoms with Crippen LogP contribution in [0.2, 0.25) is 0 Å². The molecular formula is C9H16N4S. The lowest BCUT2D eigenvalue weighted by Crippen LogP contribution is -2.05. The van der Waals surface area contributed by atoms with Gasteiger partial charge in [-0.05, 0) is 25.6 Å². The number of hydrogen-bond donors (Lipinski definition) is 2. The first-order chi connectivity index (χ1) is 6.81. The first-order valence-electron chi connectivity index (χ1n) is 4.59. The average Bonchev–Trinajstić information content (AvgIpc) is 2.26. The second kappa shape index (κ2) is 5.82. The Balaban J connectivity index is 2.82. The topological polar surface area (TPSA) is 63.8 Å². The van der Waals surface area contributed by atoms with E-state index in [2.05, 4.69) is 15.3 Å². The van der Waals surface area contributed by atoms with Gasteiger partial charge in [-0.15, -0.1) is 0 Å². The van der Waals surface area contributed by atoms with E-state index in [4.69, 9.17) is 5.73 Å². The van der Waals surface area contributed by atoms with Crippen LogP contribution in [-0.4, -0.2) is 29.8 Å².